The van der Waals surface area contributed by atoms with E-state index in [1.54, 1.807) is 53.4 Å². The Hall–Kier alpha value is -3.33. The lowest BCUT2D eigenvalue weighted by atomic mass is 10.0. The highest BCUT2D eigenvalue weighted by molar-refractivity contribution is 5.94. The predicted octanol–water partition coefficient (Wildman–Crippen LogP) is 3.09. The van der Waals surface area contributed by atoms with Gasteiger partial charge >= 0.3 is 0 Å². The number of ether oxygens (including phenoxy) is 1. The summed E-state index contributed by atoms with van der Waals surface area (Å²) >= 11 is 0. The van der Waals surface area contributed by atoms with Crippen LogP contribution in [-0.2, 0) is 4.79 Å². The normalized spacial score (nSPS) is 14.3. The van der Waals surface area contributed by atoms with Crippen LogP contribution in [0.2, 0.25) is 0 Å². The minimum absolute atomic E-state index is 0.0348. The maximum Gasteiger partial charge on any atom is 0.253 e. The highest BCUT2D eigenvalue weighted by atomic mass is 16.5. The molecule has 1 aliphatic rings. The average molecular weight is 363 g/mol. The fraction of sp³-hybridized carbons (Fsp3) is 0.286. The van der Waals surface area contributed by atoms with Gasteiger partial charge in [-0.3, -0.25) is 9.59 Å². The third-order valence-electron chi connectivity index (χ3n) is 4.49. The van der Waals surface area contributed by atoms with Crippen LogP contribution in [-0.4, -0.2) is 35.8 Å². The second-order valence-corrected chi connectivity index (χ2v) is 6.53. The predicted molar refractivity (Wildman–Crippen MR) is 100 cm³/mol. The van der Waals surface area contributed by atoms with Gasteiger partial charge in [-0.15, -0.1) is 0 Å². The molecule has 138 valence electrons. The molecule has 0 saturated carbocycles. The topological polar surface area (TPSA) is 82.4 Å². The van der Waals surface area contributed by atoms with E-state index in [-0.39, 0.29) is 17.9 Å². The maximum absolute atomic E-state index is 12.8. The number of amides is 2. The number of likely N-dealkylation sites (tertiary alicyclic amines) is 1. The molecule has 0 atom stereocenters. The summed E-state index contributed by atoms with van der Waals surface area (Å²) in [4.78, 5) is 25.7. The van der Waals surface area contributed by atoms with Gasteiger partial charge in [-0.1, -0.05) is 6.07 Å². The Labute approximate surface area is 158 Å². The van der Waals surface area contributed by atoms with Crippen molar-refractivity contribution in [1.82, 2.24) is 10.2 Å². The Morgan fingerprint density at radius 1 is 1.11 bits per heavy atom. The fourth-order valence-corrected chi connectivity index (χ4v) is 3.12. The molecule has 2 aromatic carbocycles. The van der Waals surface area contributed by atoms with Gasteiger partial charge in [-0.25, -0.2) is 0 Å². The highest BCUT2D eigenvalue weighted by Crippen LogP contribution is 2.24. The van der Waals surface area contributed by atoms with Crippen LogP contribution in [0.3, 0.4) is 0 Å². The molecule has 0 aromatic heterocycles. The Balaban J connectivity index is 1.63. The molecule has 6 nitrogen and oxygen atoms in total. The molecule has 6 heteroatoms. The second-order valence-electron chi connectivity index (χ2n) is 6.53. The molecule has 1 aliphatic heterocycles. The third-order valence-corrected chi connectivity index (χ3v) is 4.49. The number of carbonyl (C=O) groups excluding carboxylic acids is 2. The van der Waals surface area contributed by atoms with E-state index in [0.29, 0.717) is 35.7 Å². The monoisotopic (exact) mass is 363 g/mol. The summed E-state index contributed by atoms with van der Waals surface area (Å²) in [5.41, 5.74) is 1.13. The average Bonchev–Trinajstić information content (AvgIpc) is 2.68. The van der Waals surface area contributed by atoms with Crippen LogP contribution in [0.1, 0.15) is 35.7 Å². The van der Waals surface area contributed by atoms with Crippen LogP contribution in [0, 0.1) is 11.3 Å². The fourth-order valence-electron chi connectivity index (χ4n) is 3.12. The van der Waals surface area contributed by atoms with Crippen LogP contribution in [0.4, 0.5) is 0 Å². The molecule has 2 amide bonds. The Kier molecular flexibility index (Phi) is 5.72. The van der Waals surface area contributed by atoms with Gasteiger partial charge in [0.1, 0.15) is 11.5 Å². The molecule has 27 heavy (non-hydrogen) atoms. The van der Waals surface area contributed by atoms with Gasteiger partial charge in [0.25, 0.3) is 5.91 Å². The van der Waals surface area contributed by atoms with E-state index in [1.165, 1.54) is 6.92 Å². The molecular formula is C21H21N3O3. The molecular weight excluding hydrogens is 342 g/mol. The first-order chi connectivity index (χ1) is 13.0. The lowest BCUT2D eigenvalue weighted by molar-refractivity contribution is -0.119. The van der Waals surface area contributed by atoms with Gasteiger partial charge in [0.05, 0.1) is 11.6 Å². The maximum atomic E-state index is 12.8. The summed E-state index contributed by atoms with van der Waals surface area (Å²) in [6.45, 7) is 2.74. The molecule has 0 unspecified atom stereocenters. The van der Waals surface area contributed by atoms with E-state index < -0.39 is 0 Å². The minimum Gasteiger partial charge on any atom is -0.457 e. The van der Waals surface area contributed by atoms with Crippen molar-refractivity contribution in [1.29, 1.82) is 5.26 Å². The van der Waals surface area contributed by atoms with Crippen LogP contribution in [0.25, 0.3) is 0 Å². The number of hydrogen-bond acceptors (Lipinski definition) is 4. The molecule has 0 aliphatic carbocycles. The first-order valence-corrected chi connectivity index (χ1v) is 8.89. The highest BCUT2D eigenvalue weighted by Gasteiger charge is 2.24. The number of carbonyl (C=O) groups is 2. The van der Waals surface area contributed by atoms with Crippen molar-refractivity contribution in [3.63, 3.8) is 0 Å². The number of nitrogens with one attached hydrogen (secondary N) is 1. The zero-order valence-corrected chi connectivity index (χ0v) is 15.1. The lowest BCUT2D eigenvalue weighted by Crippen LogP contribution is -2.46. The number of benzene rings is 2. The molecule has 1 saturated heterocycles. The molecule has 1 fully saturated rings. The van der Waals surface area contributed by atoms with Crippen LogP contribution in [0.5, 0.6) is 11.5 Å². The zero-order chi connectivity index (χ0) is 19.2. The Morgan fingerprint density at radius 3 is 2.44 bits per heavy atom. The van der Waals surface area contributed by atoms with Crippen LogP contribution < -0.4 is 10.1 Å². The summed E-state index contributed by atoms with van der Waals surface area (Å²) in [5.74, 6) is 1.10. The van der Waals surface area contributed by atoms with E-state index in [9.17, 15) is 9.59 Å². The Morgan fingerprint density at radius 2 is 1.81 bits per heavy atom. The van der Waals surface area contributed by atoms with Crippen molar-refractivity contribution in [2.45, 2.75) is 25.8 Å². The second kappa shape index (κ2) is 8.37. The van der Waals surface area contributed by atoms with Crippen molar-refractivity contribution >= 4 is 11.8 Å². The largest absolute Gasteiger partial charge is 0.457 e. The smallest absolute Gasteiger partial charge is 0.253 e. The molecule has 0 bridgehead atoms. The van der Waals surface area contributed by atoms with Gasteiger partial charge in [-0.2, -0.15) is 5.26 Å². The van der Waals surface area contributed by atoms with Gasteiger partial charge in [0, 0.05) is 31.6 Å². The van der Waals surface area contributed by atoms with Gasteiger partial charge < -0.3 is 15.0 Å². The minimum atomic E-state index is -0.0402. The van der Waals surface area contributed by atoms with E-state index in [1.807, 2.05) is 0 Å². The Bertz CT molecular complexity index is 863. The lowest BCUT2D eigenvalue weighted by Gasteiger charge is -2.32. The quantitative estimate of drug-likeness (QED) is 0.905. The van der Waals surface area contributed by atoms with Gasteiger partial charge in [-0.05, 0) is 55.3 Å². The number of hydrogen-bond donors (Lipinski definition) is 1. The summed E-state index contributed by atoms with van der Waals surface area (Å²) in [5, 5.41) is 11.8. The van der Waals surface area contributed by atoms with Crippen LogP contribution in [0.15, 0.2) is 48.5 Å². The number of rotatable bonds is 4. The molecule has 3 rings (SSSR count). The standard InChI is InChI=1S/C21H21N3O3/c1-15(25)23-18-9-11-24(12-10-18)21(26)17-3-2-4-20(13-17)27-19-7-5-16(14-22)6-8-19/h2-8,13,18H,9-12H2,1H3,(H,23,25). The van der Waals surface area contributed by atoms with Crippen LogP contribution >= 0.6 is 0 Å². The third kappa shape index (κ3) is 4.85. The summed E-state index contributed by atoms with van der Waals surface area (Å²) in [7, 11) is 0. The molecule has 1 N–H and O–H groups in total. The van der Waals surface area contributed by atoms with E-state index in [2.05, 4.69) is 11.4 Å². The van der Waals surface area contributed by atoms with Crippen molar-refractivity contribution < 1.29 is 14.3 Å². The number of nitriles is 1. The summed E-state index contributed by atoms with van der Waals surface area (Å²) in [6.07, 6.45) is 1.51. The van der Waals surface area contributed by atoms with Crippen molar-refractivity contribution in [2.24, 2.45) is 0 Å². The molecule has 1 heterocycles. The van der Waals surface area contributed by atoms with E-state index >= 15 is 0 Å². The van der Waals surface area contributed by atoms with Crippen molar-refractivity contribution in [2.75, 3.05) is 13.1 Å². The number of nitrogens with zero attached hydrogens (tertiary/aromatic N) is 2. The van der Waals surface area contributed by atoms with E-state index in [4.69, 9.17) is 10.00 Å². The molecule has 2 aromatic rings. The van der Waals surface area contributed by atoms with Crippen molar-refractivity contribution in [3.05, 3.63) is 59.7 Å². The molecule has 0 radical (unpaired) electrons. The van der Waals surface area contributed by atoms with E-state index in [0.717, 1.165) is 12.8 Å². The first-order valence-electron chi connectivity index (χ1n) is 8.89. The van der Waals surface area contributed by atoms with Gasteiger partial charge in [0.15, 0.2) is 0 Å². The molecule has 0 spiro atoms. The number of piperidine rings is 1. The zero-order valence-electron chi connectivity index (χ0n) is 15.1. The first kappa shape index (κ1) is 18.5. The SMILES string of the molecule is CC(=O)NC1CCN(C(=O)c2cccc(Oc3ccc(C#N)cc3)c2)CC1. The summed E-state index contributed by atoms with van der Waals surface area (Å²) < 4.78 is 5.79. The van der Waals surface area contributed by atoms with Gasteiger partial charge in [0.2, 0.25) is 5.91 Å². The van der Waals surface area contributed by atoms with Crippen molar-refractivity contribution in [3.8, 4) is 17.6 Å². The summed E-state index contributed by atoms with van der Waals surface area (Å²) in [6, 6.07) is 16.1.